The van der Waals surface area contributed by atoms with Crippen LogP contribution in [0.5, 0.6) is 5.75 Å². The van der Waals surface area contributed by atoms with Gasteiger partial charge in [0.25, 0.3) is 5.91 Å². The van der Waals surface area contributed by atoms with Crippen LogP contribution < -0.4 is 10.1 Å². The normalized spacial score (nSPS) is 11.1. The lowest BCUT2D eigenvalue weighted by molar-refractivity contribution is -0.156. The molecule has 3 aromatic rings. The van der Waals surface area contributed by atoms with Crippen molar-refractivity contribution in [1.29, 1.82) is 5.26 Å². The number of anilines is 1. The molecule has 156 valence electrons. The first kappa shape index (κ1) is 21.6. The topological polar surface area (TPSA) is 88.4 Å². The summed E-state index contributed by atoms with van der Waals surface area (Å²) in [7, 11) is 0. The minimum atomic E-state index is -1.13. The summed E-state index contributed by atoms with van der Waals surface area (Å²) in [6.07, 6.45) is -1.13. The lowest BCUT2D eigenvalue weighted by Gasteiger charge is -2.19. The molecule has 0 aliphatic rings. The molecule has 0 heterocycles. The fourth-order valence-electron chi connectivity index (χ4n) is 2.90. The Bertz CT molecular complexity index is 1100. The molecule has 0 bridgehead atoms. The van der Waals surface area contributed by atoms with Crippen molar-refractivity contribution in [3.63, 3.8) is 0 Å². The van der Waals surface area contributed by atoms with Crippen LogP contribution in [0.25, 0.3) is 0 Å². The minimum absolute atomic E-state index is 0.369. The predicted molar refractivity (Wildman–Crippen MR) is 116 cm³/mol. The molecule has 31 heavy (non-hydrogen) atoms. The van der Waals surface area contributed by atoms with Gasteiger partial charge >= 0.3 is 5.97 Å². The van der Waals surface area contributed by atoms with Gasteiger partial charge in [0.1, 0.15) is 5.75 Å². The van der Waals surface area contributed by atoms with Crippen LogP contribution in [0.4, 0.5) is 5.69 Å². The van der Waals surface area contributed by atoms with E-state index in [1.54, 1.807) is 48.5 Å². The van der Waals surface area contributed by atoms with Gasteiger partial charge in [-0.2, -0.15) is 5.26 Å². The highest BCUT2D eigenvalue weighted by molar-refractivity contribution is 5.96. The van der Waals surface area contributed by atoms with Gasteiger partial charge in [0, 0.05) is 11.3 Å². The minimum Gasteiger partial charge on any atom is -0.482 e. The Balaban J connectivity index is 1.71. The molecule has 0 saturated heterocycles. The van der Waals surface area contributed by atoms with Crippen molar-refractivity contribution in [3.8, 4) is 11.8 Å². The van der Waals surface area contributed by atoms with E-state index >= 15 is 0 Å². The fraction of sp³-hybridized carbons (Fsp3) is 0.160. The van der Waals surface area contributed by atoms with E-state index < -0.39 is 18.0 Å². The predicted octanol–water partition coefficient (Wildman–Crippen LogP) is 4.48. The average Bonchev–Trinajstić information content (AvgIpc) is 2.79. The Hall–Kier alpha value is -4.11. The summed E-state index contributed by atoms with van der Waals surface area (Å²) in [5, 5.41) is 11.7. The fourth-order valence-corrected chi connectivity index (χ4v) is 2.90. The maximum Gasteiger partial charge on any atom is 0.345 e. The number of hydrogen-bond donors (Lipinski definition) is 1. The van der Waals surface area contributed by atoms with Crippen LogP contribution in [-0.4, -0.2) is 18.5 Å². The quantitative estimate of drug-likeness (QED) is 0.576. The molecule has 0 aliphatic heterocycles. The number of carbonyl (C=O) groups is 2. The number of rotatable bonds is 7. The first-order valence-electron chi connectivity index (χ1n) is 9.72. The third kappa shape index (κ3) is 5.94. The molecular weight excluding hydrogens is 392 g/mol. The molecule has 3 rings (SSSR count). The standard InChI is InChI=1S/C25H22N2O4/c1-17-8-9-18(2)22(14-17)27-25(29)24(20-6-4-3-5-7-20)31-23(28)16-30-21-12-10-19(15-26)11-13-21/h3-14,24H,16H2,1-2H3,(H,27,29)/t24-/m0/s1. The molecule has 0 aromatic heterocycles. The number of carbonyl (C=O) groups excluding carboxylic acids is 2. The second kappa shape index (κ2) is 10.1. The summed E-state index contributed by atoms with van der Waals surface area (Å²) >= 11 is 0. The number of nitriles is 1. The number of aryl methyl sites for hydroxylation is 2. The van der Waals surface area contributed by atoms with Crippen LogP contribution in [0.15, 0.2) is 72.8 Å². The van der Waals surface area contributed by atoms with Crippen LogP contribution in [0.1, 0.15) is 28.4 Å². The van der Waals surface area contributed by atoms with Crippen LogP contribution >= 0.6 is 0 Å². The van der Waals surface area contributed by atoms with Crippen molar-refractivity contribution >= 4 is 17.6 Å². The van der Waals surface area contributed by atoms with Crippen molar-refractivity contribution in [2.45, 2.75) is 20.0 Å². The molecule has 1 N–H and O–H groups in total. The van der Waals surface area contributed by atoms with E-state index in [2.05, 4.69) is 5.32 Å². The second-order valence-electron chi connectivity index (χ2n) is 7.01. The number of hydrogen-bond acceptors (Lipinski definition) is 5. The SMILES string of the molecule is Cc1ccc(C)c(NC(=O)[C@@H](OC(=O)COc2ccc(C#N)cc2)c2ccccc2)c1. The molecule has 3 aromatic carbocycles. The van der Waals surface area contributed by atoms with Gasteiger partial charge in [-0.1, -0.05) is 42.5 Å². The largest absolute Gasteiger partial charge is 0.482 e. The number of ether oxygens (including phenoxy) is 2. The van der Waals surface area contributed by atoms with Crippen LogP contribution in [0, 0.1) is 25.2 Å². The first-order valence-corrected chi connectivity index (χ1v) is 9.72. The lowest BCUT2D eigenvalue weighted by atomic mass is 10.1. The number of amides is 1. The molecule has 1 atom stereocenters. The van der Waals surface area contributed by atoms with E-state index in [9.17, 15) is 9.59 Å². The van der Waals surface area contributed by atoms with Crippen molar-refractivity contribution in [2.75, 3.05) is 11.9 Å². The second-order valence-corrected chi connectivity index (χ2v) is 7.01. The van der Waals surface area contributed by atoms with E-state index in [1.165, 1.54) is 0 Å². The lowest BCUT2D eigenvalue weighted by Crippen LogP contribution is -2.28. The molecular formula is C25H22N2O4. The molecule has 0 fully saturated rings. The third-order valence-corrected chi connectivity index (χ3v) is 4.58. The van der Waals surface area contributed by atoms with Gasteiger partial charge in [-0.05, 0) is 55.3 Å². The van der Waals surface area contributed by atoms with Gasteiger partial charge in [-0.3, -0.25) is 4.79 Å². The molecule has 0 radical (unpaired) electrons. The molecule has 0 saturated carbocycles. The Morgan fingerprint density at radius 3 is 2.39 bits per heavy atom. The van der Waals surface area contributed by atoms with Crippen LogP contribution in [0.3, 0.4) is 0 Å². The van der Waals surface area contributed by atoms with Gasteiger partial charge in [0.15, 0.2) is 6.61 Å². The molecule has 6 nitrogen and oxygen atoms in total. The van der Waals surface area contributed by atoms with E-state index in [1.807, 2.05) is 44.2 Å². The summed E-state index contributed by atoms with van der Waals surface area (Å²) in [6.45, 7) is 3.46. The Morgan fingerprint density at radius 2 is 1.71 bits per heavy atom. The monoisotopic (exact) mass is 414 g/mol. The van der Waals surface area contributed by atoms with E-state index in [0.717, 1.165) is 11.1 Å². The van der Waals surface area contributed by atoms with Crippen molar-refractivity contribution in [2.24, 2.45) is 0 Å². The van der Waals surface area contributed by atoms with Crippen LogP contribution in [0.2, 0.25) is 0 Å². The van der Waals surface area contributed by atoms with Gasteiger partial charge in [0.2, 0.25) is 6.10 Å². The zero-order chi connectivity index (χ0) is 22.2. The smallest absolute Gasteiger partial charge is 0.345 e. The summed E-state index contributed by atoms with van der Waals surface area (Å²) in [4.78, 5) is 25.4. The molecule has 0 spiro atoms. The third-order valence-electron chi connectivity index (χ3n) is 4.58. The Morgan fingerprint density at radius 1 is 1.00 bits per heavy atom. The number of nitrogens with one attached hydrogen (secondary N) is 1. The number of esters is 1. The van der Waals surface area contributed by atoms with Gasteiger partial charge < -0.3 is 14.8 Å². The molecule has 0 aliphatic carbocycles. The average molecular weight is 414 g/mol. The summed E-state index contributed by atoms with van der Waals surface area (Å²) in [5.41, 5.74) is 3.61. The Kier molecular flexibility index (Phi) is 7.02. The number of benzene rings is 3. The van der Waals surface area contributed by atoms with Gasteiger partial charge in [0.05, 0.1) is 11.6 Å². The maximum atomic E-state index is 13.0. The highest BCUT2D eigenvalue weighted by Gasteiger charge is 2.25. The van der Waals surface area contributed by atoms with Gasteiger partial charge in [-0.25, -0.2) is 4.79 Å². The Labute approximate surface area is 181 Å². The van der Waals surface area contributed by atoms with Crippen LogP contribution in [-0.2, 0) is 14.3 Å². The summed E-state index contributed by atoms with van der Waals surface area (Å²) in [5.74, 6) is -0.715. The zero-order valence-electron chi connectivity index (χ0n) is 17.3. The van der Waals surface area contributed by atoms with Crippen molar-refractivity contribution < 1.29 is 19.1 Å². The van der Waals surface area contributed by atoms with Crippen molar-refractivity contribution in [3.05, 3.63) is 95.1 Å². The first-order chi connectivity index (χ1) is 15.0. The highest BCUT2D eigenvalue weighted by Crippen LogP contribution is 2.23. The summed E-state index contributed by atoms with van der Waals surface area (Å²) < 4.78 is 10.9. The zero-order valence-corrected chi connectivity index (χ0v) is 17.3. The molecule has 6 heteroatoms. The summed E-state index contributed by atoms with van der Waals surface area (Å²) in [6, 6.07) is 22.9. The van der Waals surface area contributed by atoms with E-state index in [0.29, 0.717) is 22.6 Å². The molecule has 1 amide bonds. The molecule has 0 unspecified atom stereocenters. The maximum absolute atomic E-state index is 13.0. The van der Waals surface area contributed by atoms with Crippen molar-refractivity contribution in [1.82, 2.24) is 0 Å². The van der Waals surface area contributed by atoms with E-state index in [-0.39, 0.29) is 6.61 Å². The highest BCUT2D eigenvalue weighted by atomic mass is 16.6. The number of nitrogens with zero attached hydrogens (tertiary/aromatic N) is 1. The van der Waals surface area contributed by atoms with Gasteiger partial charge in [-0.15, -0.1) is 0 Å². The van der Waals surface area contributed by atoms with E-state index in [4.69, 9.17) is 14.7 Å².